The van der Waals surface area contributed by atoms with Crippen LogP contribution in [-0.4, -0.2) is 259 Å². The van der Waals surface area contributed by atoms with Crippen LogP contribution in [0.1, 0.15) is 274 Å². The normalized spacial score (nSPS) is 20.7. The van der Waals surface area contributed by atoms with Crippen LogP contribution in [0.5, 0.6) is 0 Å². The van der Waals surface area contributed by atoms with Gasteiger partial charge in [-0.3, -0.25) is 4.90 Å². The lowest BCUT2D eigenvalue weighted by Crippen LogP contribution is -2.46. The smallest absolute Gasteiger partial charge is 0.0594 e. The van der Waals surface area contributed by atoms with Gasteiger partial charge in [-0.15, -0.1) is 0 Å². The van der Waals surface area contributed by atoms with Crippen molar-refractivity contribution in [2.45, 2.75) is 274 Å². The molecule has 7 saturated heterocycles. The zero-order chi connectivity index (χ0) is 69.9. The Morgan fingerprint density at radius 3 is 0.806 bits per heavy atom. The third-order valence-electron chi connectivity index (χ3n) is 19.4. The maximum absolute atomic E-state index is 5.31. The Kier molecular flexibility index (Phi) is 49.2. The fraction of sp³-hybridized carbons (Fsp3) is 1.00. The summed E-state index contributed by atoms with van der Waals surface area (Å²) in [5.41, 5.74) is 3.58. The lowest BCUT2D eigenvalue weighted by molar-refractivity contribution is 0.0361. The molecule has 7 heterocycles. The van der Waals surface area contributed by atoms with Crippen molar-refractivity contribution in [1.29, 1.82) is 0 Å². The number of likely N-dealkylation sites (tertiary alicyclic amines) is 2. The summed E-state index contributed by atoms with van der Waals surface area (Å²) in [5, 5.41) is 3.38. The summed E-state index contributed by atoms with van der Waals surface area (Å²) < 4.78 is 5.31. The number of morpholine rings is 1. The van der Waals surface area contributed by atoms with E-state index >= 15 is 0 Å². The molecule has 0 atom stereocenters. The second-order valence-electron chi connectivity index (χ2n) is 38.0. The van der Waals surface area contributed by atoms with Crippen molar-refractivity contribution in [2.24, 2.45) is 37.9 Å². The predicted molar refractivity (Wildman–Crippen MR) is 420 cm³/mol. The first kappa shape index (κ1) is 90.9. The van der Waals surface area contributed by atoms with E-state index in [2.05, 4.69) is 221 Å². The third kappa shape index (κ3) is 61.5. The Morgan fingerprint density at radius 1 is 0.280 bits per heavy atom. The van der Waals surface area contributed by atoms with Gasteiger partial charge in [0.1, 0.15) is 0 Å². The average molecular weight is 1330 g/mol. The number of ether oxygens (including phenoxy) is 1. The topological polar surface area (TPSA) is 50.4 Å². The molecule has 7 aliphatic heterocycles. The molecule has 7 fully saturated rings. The number of rotatable bonds is 22. The number of piperidine rings is 1. The van der Waals surface area contributed by atoms with Gasteiger partial charge in [-0.05, 0) is 239 Å². The molecule has 0 unspecified atom stereocenters. The number of likely N-dealkylation sites (N-methyl/N-ethyl adjacent to an activating group) is 2. The number of nitrogens with zero attached hydrogens (tertiary/aromatic N) is 9. The number of hydrogen-bond donors (Lipinski definition) is 1. The predicted octanol–water partition coefficient (Wildman–Crippen LogP) is 17.4. The first-order valence-corrected chi connectivity index (χ1v) is 40.9. The standard InChI is InChI=1S/C13H28N2.C12H26N2.C12H25N.C11H24N2.C11H23NO.C11H23NS.C11H23N/c1-5-14-9-11-15(12-10-14)8-6-7-13(2,3)4;1-12(2,3)6-5-7-14-10-8-13(4)9-11-14;1-12(2,3)8-7-11-13-9-5-4-6-10-13;1-11(2,3)5-4-8-13-9-6-12-7-10-13;2*1-11(2,3)5-4-6-12-7-9-13-10-8-12;1-11(2,3)7-6-10-12-8-4-5-9-12/h5-12H2,1-4H3;5-11H2,1-4H3;4-11H2,1-3H3;12H,4-10H2,1-3H3;2*4-10H2,1-3H3;4-10H2,1-3H3. The number of nitrogens with one attached hydrogen (secondary N) is 1. The highest BCUT2D eigenvalue weighted by atomic mass is 32.2. The average Bonchev–Trinajstić information content (AvgIpc) is 3.80. The van der Waals surface area contributed by atoms with E-state index in [0.717, 1.165) is 26.3 Å². The van der Waals surface area contributed by atoms with Crippen molar-refractivity contribution in [3.63, 3.8) is 0 Å². The summed E-state index contributed by atoms with van der Waals surface area (Å²) in [6.45, 7) is 88.6. The molecule has 0 aromatic heterocycles. The highest BCUT2D eigenvalue weighted by molar-refractivity contribution is 7.99. The van der Waals surface area contributed by atoms with Crippen molar-refractivity contribution in [3.8, 4) is 0 Å². The van der Waals surface area contributed by atoms with Crippen LogP contribution in [0.3, 0.4) is 0 Å². The zero-order valence-electron chi connectivity index (χ0n) is 67.9. The van der Waals surface area contributed by atoms with Crippen LogP contribution in [0.25, 0.3) is 0 Å². The monoisotopic (exact) mass is 1330 g/mol. The molecule has 0 aromatic rings. The van der Waals surface area contributed by atoms with Crippen LogP contribution in [0, 0.1) is 37.9 Å². The van der Waals surface area contributed by atoms with E-state index in [9.17, 15) is 0 Å². The van der Waals surface area contributed by atoms with E-state index in [0.29, 0.717) is 37.9 Å². The molecular formula is C81H172N10OS. The van der Waals surface area contributed by atoms with E-state index in [1.807, 2.05) is 0 Å². The van der Waals surface area contributed by atoms with E-state index in [1.165, 1.54) is 304 Å². The number of hydrogen-bond acceptors (Lipinski definition) is 12. The first-order chi connectivity index (χ1) is 43.4. The molecule has 0 amide bonds. The van der Waals surface area contributed by atoms with Crippen LogP contribution in [0.4, 0.5) is 0 Å². The maximum atomic E-state index is 5.31. The molecule has 0 spiro atoms. The fourth-order valence-corrected chi connectivity index (χ4v) is 14.0. The van der Waals surface area contributed by atoms with Gasteiger partial charge >= 0.3 is 0 Å². The quantitative estimate of drug-likeness (QED) is 0.112. The van der Waals surface area contributed by atoms with Crippen molar-refractivity contribution in [2.75, 3.05) is 215 Å². The van der Waals surface area contributed by atoms with Crippen LogP contribution in [0.2, 0.25) is 0 Å². The molecule has 0 aliphatic carbocycles. The van der Waals surface area contributed by atoms with Gasteiger partial charge in [0, 0.05) is 116 Å². The highest BCUT2D eigenvalue weighted by Crippen LogP contribution is 2.26. The summed E-state index contributed by atoms with van der Waals surface area (Å²) in [6.07, 6.45) is 26.1. The van der Waals surface area contributed by atoms with Crippen LogP contribution in [-0.2, 0) is 4.74 Å². The molecule has 0 saturated carbocycles. The molecular weight excluding hydrogens is 1160 g/mol. The van der Waals surface area contributed by atoms with E-state index < -0.39 is 0 Å². The summed E-state index contributed by atoms with van der Waals surface area (Å²) >= 11 is 2.10. The largest absolute Gasteiger partial charge is 0.379 e. The van der Waals surface area contributed by atoms with Gasteiger partial charge in [0.15, 0.2) is 0 Å². The Labute approximate surface area is 590 Å². The van der Waals surface area contributed by atoms with Gasteiger partial charge in [-0.25, -0.2) is 0 Å². The van der Waals surface area contributed by atoms with Crippen molar-refractivity contribution in [3.05, 3.63) is 0 Å². The summed E-state index contributed by atoms with van der Waals surface area (Å²) in [7, 11) is 2.21. The van der Waals surface area contributed by atoms with Crippen LogP contribution >= 0.6 is 11.8 Å². The second kappa shape index (κ2) is 50.3. The van der Waals surface area contributed by atoms with Crippen LogP contribution < -0.4 is 5.32 Å². The highest BCUT2D eigenvalue weighted by Gasteiger charge is 2.21. The Morgan fingerprint density at radius 2 is 0.516 bits per heavy atom. The number of thioether (sulfide) groups is 1. The van der Waals surface area contributed by atoms with Gasteiger partial charge < -0.3 is 49.3 Å². The van der Waals surface area contributed by atoms with E-state index in [1.54, 1.807) is 0 Å². The molecule has 11 nitrogen and oxygen atoms in total. The Hall–Kier alpha value is -0.0900. The minimum absolute atomic E-state index is 0.492. The third-order valence-corrected chi connectivity index (χ3v) is 20.3. The Balaban J connectivity index is 0.000000543. The Bertz CT molecular complexity index is 1520. The lowest BCUT2D eigenvalue weighted by atomic mass is 9.90. The number of piperazine rings is 3. The SMILES string of the molecule is CC(C)(C)CCCN1CCCC1.CC(C)(C)CCCN1CCCCC1.CC(C)(C)CCCN1CCNCC1.CC(C)(C)CCCN1CCOCC1.CC(C)(C)CCCN1CCSCC1.CCN1CCN(CCCC(C)(C)C)CC1.CN1CCN(CCCC(C)(C)C)CC1. The fourth-order valence-electron chi connectivity index (χ4n) is 13.0. The van der Waals surface area contributed by atoms with Crippen molar-refractivity contribution >= 4 is 11.8 Å². The summed E-state index contributed by atoms with van der Waals surface area (Å²) in [6, 6.07) is 0. The summed E-state index contributed by atoms with van der Waals surface area (Å²) in [5.74, 6) is 2.69. The van der Waals surface area contributed by atoms with Gasteiger partial charge in [0.05, 0.1) is 13.2 Å². The van der Waals surface area contributed by atoms with Crippen molar-refractivity contribution in [1.82, 2.24) is 49.4 Å². The lowest BCUT2D eigenvalue weighted by Gasteiger charge is -2.34. The molecule has 7 aliphatic rings. The van der Waals surface area contributed by atoms with Crippen LogP contribution in [0.15, 0.2) is 0 Å². The van der Waals surface area contributed by atoms with E-state index in [4.69, 9.17) is 4.74 Å². The zero-order valence-corrected chi connectivity index (χ0v) is 68.7. The molecule has 0 bridgehead atoms. The molecule has 1 N–H and O–H groups in total. The van der Waals surface area contributed by atoms with Gasteiger partial charge in [0.25, 0.3) is 0 Å². The van der Waals surface area contributed by atoms with Crippen molar-refractivity contribution < 1.29 is 4.74 Å². The molecule has 0 aromatic carbocycles. The van der Waals surface area contributed by atoms with Gasteiger partial charge in [-0.1, -0.05) is 159 Å². The minimum Gasteiger partial charge on any atom is -0.379 e. The molecule has 93 heavy (non-hydrogen) atoms. The van der Waals surface area contributed by atoms with E-state index in [-0.39, 0.29) is 0 Å². The molecule has 7 rings (SSSR count). The molecule has 558 valence electrons. The summed E-state index contributed by atoms with van der Waals surface area (Å²) in [4.78, 5) is 23.1. The minimum atomic E-state index is 0.492. The molecule has 0 radical (unpaired) electrons. The first-order valence-electron chi connectivity index (χ1n) is 39.7. The van der Waals surface area contributed by atoms with Gasteiger partial charge in [-0.2, -0.15) is 11.8 Å². The molecule has 12 heteroatoms. The maximum Gasteiger partial charge on any atom is 0.0594 e. The van der Waals surface area contributed by atoms with Gasteiger partial charge in [0.2, 0.25) is 0 Å². The second-order valence-corrected chi connectivity index (χ2v) is 39.2.